The van der Waals surface area contributed by atoms with Gasteiger partial charge < -0.3 is 10.4 Å². The third-order valence-electron chi connectivity index (χ3n) is 4.34. The Balaban J connectivity index is 1.85. The molecule has 4 nitrogen and oxygen atoms in total. The van der Waals surface area contributed by atoms with E-state index >= 15 is 0 Å². The van der Waals surface area contributed by atoms with E-state index in [4.69, 9.17) is 0 Å². The van der Waals surface area contributed by atoms with Crippen LogP contribution in [0.25, 0.3) is 0 Å². The van der Waals surface area contributed by atoms with E-state index in [1.54, 1.807) is 12.2 Å². The minimum absolute atomic E-state index is 0.229. The Bertz CT molecular complexity index is 689. The first-order chi connectivity index (χ1) is 10.4. The molecule has 1 amide bonds. The van der Waals surface area contributed by atoms with Crippen molar-refractivity contribution in [3.63, 3.8) is 0 Å². The number of carboxylic acids is 1. The number of anilines is 1. The summed E-state index contributed by atoms with van der Waals surface area (Å²) >= 11 is 0. The predicted octanol–water partition coefficient (Wildman–Crippen LogP) is 2.57. The molecule has 2 aliphatic carbocycles. The molecule has 2 N–H and O–H groups in total. The summed E-state index contributed by atoms with van der Waals surface area (Å²) in [6, 6.07) is 1.61. The second-order valence-electron chi connectivity index (χ2n) is 5.55. The zero-order chi connectivity index (χ0) is 16.0. The van der Waals surface area contributed by atoms with Gasteiger partial charge in [0.2, 0.25) is 5.91 Å². The molecule has 0 spiro atoms. The first-order valence-corrected chi connectivity index (χ1v) is 6.75. The number of nitrogens with one attached hydrogen (secondary N) is 1. The lowest BCUT2D eigenvalue weighted by atomic mass is 9.82. The Labute approximate surface area is 123 Å². The van der Waals surface area contributed by atoms with E-state index in [1.807, 2.05) is 0 Å². The highest BCUT2D eigenvalue weighted by atomic mass is 19.2. The van der Waals surface area contributed by atoms with E-state index in [0.29, 0.717) is 12.5 Å². The fourth-order valence-corrected chi connectivity index (χ4v) is 3.35. The molecule has 0 saturated heterocycles. The van der Waals surface area contributed by atoms with Crippen LogP contribution < -0.4 is 5.32 Å². The Hall–Kier alpha value is -2.31. The summed E-state index contributed by atoms with van der Waals surface area (Å²) in [6.45, 7) is 0. The average molecular weight is 311 g/mol. The summed E-state index contributed by atoms with van der Waals surface area (Å²) < 4.78 is 39.6. The molecule has 2 bridgehead atoms. The summed E-state index contributed by atoms with van der Waals surface area (Å²) in [6.07, 6.45) is 4.09. The van der Waals surface area contributed by atoms with E-state index in [9.17, 15) is 27.9 Å². The molecule has 22 heavy (non-hydrogen) atoms. The van der Waals surface area contributed by atoms with Crippen LogP contribution in [0.1, 0.15) is 6.42 Å². The maximum Gasteiger partial charge on any atom is 0.307 e. The van der Waals surface area contributed by atoms with Crippen LogP contribution in [0.2, 0.25) is 0 Å². The van der Waals surface area contributed by atoms with Crippen LogP contribution >= 0.6 is 0 Å². The second kappa shape index (κ2) is 5.15. The van der Waals surface area contributed by atoms with Gasteiger partial charge >= 0.3 is 5.97 Å². The molecular weight excluding hydrogens is 299 g/mol. The molecule has 1 aromatic rings. The Kier molecular flexibility index (Phi) is 3.42. The molecule has 0 unspecified atom stereocenters. The molecule has 1 aromatic carbocycles. The van der Waals surface area contributed by atoms with Crippen molar-refractivity contribution in [2.24, 2.45) is 23.7 Å². The number of rotatable bonds is 3. The number of amides is 1. The van der Waals surface area contributed by atoms with Crippen LogP contribution in [0, 0.1) is 41.1 Å². The van der Waals surface area contributed by atoms with Gasteiger partial charge in [-0.25, -0.2) is 13.2 Å². The van der Waals surface area contributed by atoms with Crippen molar-refractivity contribution in [1.29, 1.82) is 0 Å². The summed E-state index contributed by atoms with van der Waals surface area (Å²) in [4.78, 5) is 23.6. The Morgan fingerprint density at radius 1 is 1.05 bits per heavy atom. The predicted molar refractivity (Wildman–Crippen MR) is 70.3 cm³/mol. The molecule has 4 atom stereocenters. The van der Waals surface area contributed by atoms with Gasteiger partial charge in [0.1, 0.15) is 0 Å². The van der Waals surface area contributed by atoms with Crippen molar-refractivity contribution >= 4 is 17.6 Å². The molecule has 2 aliphatic rings. The Morgan fingerprint density at radius 3 is 2.32 bits per heavy atom. The minimum Gasteiger partial charge on any atom is -0.481 e. The van der Waals surface area contributed by atoms with Gasteiger partial charge in [0.05, 0.1) is 17.5 Å². The number of halogens is 3. The number of benzene rings is 1. The quantitative estimate of drug-likeness (QED) is 0.666. The first kappa shape index (κ1) is 14.6. The summed E-state index contributed by atoms with van der Waals surface area (Å²) in [5.74, 6) is -8.53. The van der Waals surface area contributed by atoms with E-state index in [1.165, 1.54) is 0 Å². The molecule has 0 heterocycles. The zero-order valence-corrected chi connectivity index (χ0v) is 11.2. The number of hydrogen-bond acceptors (Lipinski definition) is 2. The highest BCUT2D eigenvalue weighted by Crippen LogP contribution is 2.48. The fraction of sp³-hybridized carbons (Fsp3) is 0.333. The average Bonchev–Trinajstić information content (AvgIpc) is 3.08. The molecule has 1 saturated carbocycles. The van der Waals surface area contributed by atoms with Crippen LogP contribution in [-0.4, -0.2) is 17.0 Å². The zero-order valence-electron chi connectivity index (χ0n) is 11.2. The van der Waals surface area contributed by atoms with Crippen LogP contribution in [0.15, 0.2) is 24.3 Å². The van der Waals surface area contributed by atoms with Gasteiger partial charge in [0.25, 0.3) is 0 Å². The molecular formula is C15H12F3NO3. The molecule has 3 rings (SSSR count). The lowest BCUT2D eigenvalue weighted by Crippen LogP contribution is -2.36. The molecule has 0 aromatic heterocycles. The highest BCUT2D eigenvalue weighted by Gasteiger charge is 2.51. The number of fused-ring (bicyclic) bond motifs is 2. The van der Waals surface area contributed by atoms with Gasteiger partial charge in [-0.2, -0.15) is 0 Å². The van der Waals surface area contributed by atoms with Crippen LogP contribution in [0.4, 0.5) is 18.9 Å². The maximum absolute atomic E-state index is 13.6. The molecule has 0 aliphatic heterocycles. The number of carbonyl (C=O) groups excluding carboxylic acids is 1. The normalized spacial score (nSPS) is 28.9. The number of carboxylic acid groups (broad SMARTS) is 1. The van der Waals surface area contributed by atoms with Gasteiger partial charge in [0, 0.05) is 0 Å². The second-order valence-corrected chi connectivity index (χ2v) is 5.55. The minimum atomic E-state index is -1.68. The van der Waals surface area contributed by atoms with Gasteiger partial charge in [-0.3, -0.25) is 9.59 Å². The van der Waals surface area contributed by atoms with E-state index in [0.717, 1.165) is 6.07 Å². The third-order valence-corrected chi connectivity index (χ3v) is 4.34. The largest absolute Gasteiger partial charge is 0.481 e. The number of carbonyl (C=O) groups is 2. The van der Waals surface area contributed by atoms with Crippen molar-refractivity contribution < 1.29 is 27.9 Å². The molecule has 0 radical (unpaired) electrons. The number of hydrogen-bond donors (Lipinski definition) is 2. The van der Waals surface area contributed by atoms with Crippen molar-refractivity contribution in [2.75, 3.05) is 5.32 Å². The summed E-state index contributed by atoms with van der Waals surface area (Å²) in [5, 5.41) is 11.4. The van der Waals surface area contributed by atoms with E-state index in [-0.39, 0.29) is 11.8 Å². The van der Waals surface area contributed by atoms with Gasteiger partial charge in [0.15, 0.2) is 17.5 Å². The molecule has 7 heteroatoms. The summed E-state index contributed by atoms with van der Waals surface area (Å²) in [5.41, 5.74) is -0.500. The molecule has 116 valence electrons. The number of aliphatic carboxylic acids is 1. The van der Waals surface area contributed by atoms with Crippen molar-refractivity contribution in [3.8, 4) is 0 Å². The van der Waals surface area contributed by atoms with Gasteiger partial charge in [-0.05, 0) is 30.4 Å². The third kappa shape index (κ3) is 2.17. The van der Waals surface area contributed by atoms with Gasteiger partial charge in [-0.1, -0.05) is 12.2 Å². The highest BCUT2D eigenvalue weighted by molar-refractivity contribution is 5.96. The van der Waals surface area contributed by atoms with Crippen LogP contribution in [0.3, 0.4) is 0 Å². The van der Waals surface area contributed by atoms with Crippen molar-refractivity contribution in [2.45, 2.75) is 6.42 Å². The lowest BCUT2D eigenvalue weighted by Gasteiger charge is -2.24. The number of allylic oxidation sites excluding steroid dienone is 2. The maximum atomic E-state index is 13.6. The van der Waals surface area contributed by atoms with E-state index < -0.39 is 46.9 Å². The van der Waals surface area contributed by atoms with Gasteiger partial charge in [-0.15, -0.1) is 0 Å². The fourth-order valence-electron chi connectivity index (χ4n) is 3.35. The lowest BCUT2D eigenvalue weighted by molar-refractivity contribution is -0.146. The smallest absolute Gasteiger partial charge is 0.307 e. The topological polar surface area (TPSA) is 66.4 Å². The SMILES string of the molecule is O=C(Nc1ccc(F)c(F)c1F)[C@@H]1[C@@H](C(=O)O)[C@H]2C=C[C@@H]1C2. The van der Waals surface area contributed by atoms with E-state index in [2.05, 4.69) is 5.32 Å². The standard InChI is InChI=1S/C15H12F3NO3/c16-8-3-4-9(13(18)12(8)17)19-14(20)10-6-1-2-7(5-6)11(10)15(21)22/h1-4,6-7,10-11H,5H2,(H,19,20)(H,21,22)/t6-,7+,10+,11+/m1/s1. The van der Waals surface area contributed by atoms with Crippen LogP contribution in [-0.2, 0) is 9.59 Å². The summed E-state index contributed by atoms with van der Waals surface area (Å²) in [7, 11) is 0. The Morgan fingerprint density at radius 2 is 1.68 bits per heavy atom. The van der Waals surface area contributed by atoms with Crippen molar-refractivity contribution in [3.05, 3.63) is 41.7 Å². The monoisotopic (exact) mass is 311 g/mol. The van der Waals surface area contributed by atoms with Crippen molar-refractivity contribution in [1.82, 2.24) is 0 Å². The molecule has 1 fully saturated rings. The van der Waals surface area contributed by atoms with Crippen LogP contribution in [0.5, 0.6) is 0 Å². The first-order valence-electron chi connectivity index (χ1n) is 6.75.